The lowest BCUT2D eigenvalue weighted by Crippen LogP contribution is -2.04. The molecular formula is C40H42N6O5. The molecule has 0 saturated heterocycles. The van der Waals surface area contributed by atoms with Crippen molar-refractivity contribution >= 4 is 46.1 Å². The first-order valence-electron chi connectivity index (χ1n) is 16.8. The highest BCUT2D eigenvalue weighted by Crippen LogP contribution is 2.29. The molecule has 0 N–H and O–H groups in total. The lowest BCUT2D eigenvalue weighted by atomic mass is 10.1. The van der Waals surface area contributed by atoms with Gasteiger partial charge < -0.3 is 14.2 Å². The van der Waals surface area contributed by atoms with Gasteiger partial charge in [-0.2, -0.15) is 30.7 Å². The summed E-state index contributed by atoms with van der Waals surface area (Å²) in [6.45, 7) is 10.0. The molecular weight excluding hydrogens is 644 g/mol. The molecule has 0 aliphatic heterocycles. The molecule has 0 aliphatic carbocycles. The molecule has 0 bridgehead atoms. The Labute approximate surface area is 298 Å². The van der Waals surface area contributed by atoms with Gasteiger partial charge in [0.25, 0.3) is 0 Å². The molecule has 0 aliphatic rings. The summed E-state index contributed by atoms with van der Waals surface area (Å²) in [6.07, 6.45) is 7.61. The van der Waals surface area contributed by atoms with Crippen molar-refractivity contribution in [2.75, 3.05) is 19.8 Å². The number of carbonyl (C=O) groups excluding carboxylic acids is 2. The molecule has 0 aromatic heterocycles. The van der Waals surface area contributed by atoms with Gasteiger partial charge in [-0.05, 0) is 135 Å². The third-order valence-electron chi connectivity index (χ3n) is 7.38. The molecule has 0 radical (unpaired) electrons. The van der Waals surface area contributed by atoms with E-state index in [0.29, 0.717) is 43.3 Å². The quantitative estimate of drug-likeness (QED) is 0.0394. The SMILES string of the molecule is C=CC(=O)OCCCCCc1ccc(N=Nc2ccc(N=Nc3ccc(N=Nc4ccc(OCCCCOC(=O)C=C)cc4)cc3)c(C)c2)cc1. The number of rotatable bonds is 20. The molecule has 0 amide bonds. The van der Waals surface area contributed by atoms with E-state index in [4.69, 9.17) is 14.2 Å². The van der Waals surface area contributed by atoms with Crippen LogP contribution in [0.1, 0.15) is 43.2 Å². The second-order valence-corrected chi connectivity index (χ2v) is 11.4. The Kier molecular flexibility index (Phi) is 15.6. The van der Waals surface area contributed by atoms with Crippen LogP contribution >= 0.6 is 0 Å². The first kappa shape index (κ1) is 37.7. The summed E-state index contributed by atoms with van der Waals surface area (Å²) in [7, 11) is 0. The van der Waals surface area contributed by atoms with Crippen molar-refractivity contribution in [2.45, 2.75) is 45.4 Å². The normalized spacial score (nSPS) is 11.2. The second-order valence-electron chi connectivity index (χ2n) is 11.4. The van der Waals surface area contributed by atoms with Crippen molar-refractivity contribution in [2.24, 2.45) is 30.7 Å². The molecule has 11 nitrogen and oxygen atoms in total. The molecule has 0 heterocycles. The van der Waals surface area contributed by atoms with Crippen molar-refractivity contribution in [3.63, 3.8) is 0 Å². The van der Waals surface area contributed by atoms with Gasteiger partial charge in [0.05, 0.1) is 53.9 Å². The minimum Gasteiger partial charge on any atom is -0.494 e. The Balaban J connectivity index is 1.19. The van der Waals surface area contributed by atoms with E-state index in [1.807, 2.05) is 85.8 Å². The zero-order valence-electron chi connectivity index (χ0n) is 28.8. The van der Waals surface area contributed by atoms with Crippen LogP contribution in [0.25, 0.3) is 0 Å². The number of carbonyl (C=O) groups is 2. The molecule has 11 heteroatoms. The average Bonchev–Trinajstić information content (AvgIpc) is 3.16. The molecule has 0 atom stereocenters. The van der Waals surface area contributed by atoms with Crippen LogP contribution in [0.2, 0.25) is 0 Å². The molecule has 51 heavy (non-hydrogen) atoms. The van der Waals surface area contributed by atoms with Crippen molar-refractivity contribution < 1.29 is 23.8 Å². The maximum atomic E-state index is 11.1. The van der Waals surface area contributed by atoms with Crippen molar-refractivity contribution in [3.8, 4) is 5.75 Å². The summed E-state index contributed by atoms with van der Waals surface area (Å²) in [6, 6.07) is 28.4. The lowest BCUT2D eigenvalue weighted by molar-refractivity contribution is -0.138. The van der Waals surface area contributed by atoms with Crippen LogP contribution in [-0.2, 0) is 25.5 Å². The summed E-state index contributed by atoms with van der Waals surface area (Å²) in [5.41, 5.74) is 6.47. The first-order chi connectivity index (χ1) is 24.9. The van der Waals surface area contributed by atoms with E-state index in [9.17, 15) is 9.59 Å². The Morgan fingerprint density at radius 1 is 0.549 bits per heavy atom. The fourth-order valence-corrected chi connectivity index (χ4v) is 4.55. The molecule has 0 spiro atoms. The van der Waals surface area contributed by atoms with E-state index in [0.717, 1.165) is 66.6 Å². The highest BCUT2D eigenvalue weighted by molar-refractivity contribution is 5.81. The van der Waals surface area contributed by atoms with E-state index in [1.165, 1.54) is 11.6 Å². The van der Waals surface area contributed by atoms with Crippen molar-refractivity contribution in [3.05, 3.63) is 127 Å². The molecule has 4 aromatic carbocycles. The Morgan fingerprint density at radius 3 is 1.55 bits per heavy atom. The number of esters is 2. The van der Waals surface area contributed by atoms with Gasteiger partial charge >= 0.3 is 11.9 Å². The summed E-state index contributed by atoms with van der Waals surface area (Å²) in [5, 5.41) is 26.2. The predicted octanol–water partition coefficient (Wildman–Crippen LogP) is 11.6. The van der Waals surface area contributed by atoms with E-state index in [2.05, 4.69) is 56.0 Å². The van der Waals surface area contributed by atoms with Crippen LogP contribution in [0.4, 0.5) is 34.1 Å². The molecule has 0 fully saturated rings. The van der Waals surface area contributed by atoms with E-state index in [1.54, 1.807) is 0 Å². The monoisotopic (exact) mass is 686 g/mol. The van der Waals surface area contributed by atoms with Crippen LogP contribution in [-0.4, -0.2) is 31.8 Å². The van der Waals surface area contributed by atoms with Crippen LogP contribution in [0.15, 0.2) is 147 Å². The van der Waals surface area contributed by atoms with Gasteiger partial charge in [0.15, 0.2) is 0 Å². The van der Waals surface area contributed by atoms with Crippen LogP contribution in [0, 0.1) is 6.92 Å². The van der Waals surface area contributed by atoms with Gasteiger partial charge in [-0.25, -0.2) is 9.59 Å². The number of nitrogens with zero attached hydrogens (tertiary/aromatic N) is 6. The standard InChI is InChI=1S/C40H42N6O5/c1-4-39(47)50-27-8-6-7-11-31-12-14-32(15-13-31)43-45-36-22-25-38(30(3)29-36)46-44-34-18-16-33(17-19-34)41-42-35-20-23-37(24-21-35)49-26-9-10-28-51-40(48)5-2/h4-5,12-25,29H,1-2,6-11,26-28H2,3H3. The number of azo groups is 3. The zero-order valence-corrected chi connectivity index (χ0v) is 28.8. The summed E-state index contributed by atoms with van der Waals surface area (Å²) in [5.74, 6) is -0.0580. The van der Waals surface area contributed by atoms with Crippen molar-refractivity contribution in [1.82, 2.24) is 0 Å². The first-order valence-corrected chi connectivity index (χ1v) is 16.8. The topological polar surface area (TPSA) is 136 Å². The van der Waals surface area contributed by atoms with Gasteiger partial charge in [-0.3, -0.25) is 0 Å². The van der Waals surface area contributed by atoms with Gasteiger partial charge in [-0.15, -0.1) is 0 Å². The maximum absolute atomic E-state index is 11.1. The predicted molar refractivity (Wildman–Crippen MR) is 198 cm³/mol. The second kappa shape index (κ2) is 21.1. The largest absolute Gasteiger partial charge is 0.494 e. The summed E-state index contributed by atoms with van der Waals surface area (Å²) < 4.78 is 15.7. The molecule has 262 valence electrons. The number of hydrogen-bond acceptors (Lipinski definition) is 11. The third-order valence-corrected chi connectivity index (χ3v) is 7.38. The highest BCUT2D eigenvalue weighted by atomic mass is 16.5. The number of unbranched alkanes of at least 4 members (excludes halogenated alkanes) is 3. The minimum absolute atomic E-state index is 0.348. The third kappa shape index (κ3) is 14.1. The van der Waals surface area contributed by atoms with Gasteiger partial charge in [0, 0.05) is 12.2 Å². The van der Waals surface area contributed by atoms with Gasteiger partial charge in [-0.1, -0.05) is 25.3 Å². The zero-order chi connectivity index (χ0) is 36.1. The average molecular weight is 687 g/mol. The summed E-state index contributed by atoms with van der Waals surface area (Å²) in [4.78, 5) is 22.1. The minimum atomic E-state index is -0.414. The van der Waals surface area contributed by atoms with Crippen LogP contribution in [0.3, 0.4) is 0 Å². The molecule has 4 aromatic rings. The highest BCUT2D eigenvalue weighted by Gasteiger charge is 2.02. The van der Waals surface area contributed by atoms with Crippen LogP contribution < -0.4 is 4.74 Å². The van der Waals surface area contributed by atoms with Gasteiger partial charge in [0.2, 0.25) is 0 Å². The summed E-state index contributed by atoms with van der Waals surface area (Å²) >= 11 is 0. The fourth-order valence-electron chi connectivity index (χ4n) is 4.55. The van der Waals surface area contributed by atoms with E-state index in [-0.39, 0.29) is 5.97 Å². The number of hydrogen-bond donors (Lipinski definition) is 0. The molecule has 0 unspecified atom stereocenters. The van der Waals surface area contributed by atoms with E-state index >= 15 is 0 Å². The molecule has 4 rings (SSSR count). The fraction of sp³-hybridized carbons (Fsp3) is 0.250. The lowest BCUT2D eigenvalue weighted by Gasteiger charge is -2.06. The number of benzene rings is 4. The van der Waals surface area contributed by atoms with Crippen LogP contribution in [0.5, 0.6) is 5.75 Å². The van der Waals surface area contributed by atoms with E-state index < -0.39 is 5.97 Å². The van der Waals surface area contributed by atoms with Crippen molar-refractivity contribution in [1.29, 1.82) is 0 Å². The smallest absolute Gasteiger partial charge is 0.330 e. The Hall–Kier alpha value is -6.10. The Morgan fingerprint density at radius 2 is 1.00 bits per heavy atom. The number of aryl methyl sites for hydroxylation is 2. The maximum Gasteiger partial charge on any atom is 0.330 e. The Bertz CT molecular complexity index is 1820. The van der Waals surface area contributed by atoms with Gasteiger partial charge in [0.1, 0.15) is 5.75 Å². The molecule has 0 saturated carbocycles. The number of ether oxygens (including phenoxy) is 3.